The molecule has 1 spiro atoms. The van der Waals surface area contributed by atoms with Crippen LogP contribution in [0, 0.1) is 6.07 Å². The standard InChI is InChI=1S/C18H17N2O4S/c1-24-15-5-2-3-6-16(15)25(22,23)20-12-7-8-14-13(11-12)18(9-4-10-18)17(21)19-14/h2-3,5-7,11,20H,4,9-10H2,1H3,(H,19,21). The lowest BCUT2D eigenvalue weighted by Crippen LogP contribution is -2.40. The van der Waals surface area contributed by atoms with Crippen LogP contribution in [0.2, 0.25) is 0 Å². The molecule has 1 aliphatic carbocycles. The number of ether oxygens (including phenoxy) is 1. The zero-order valence-corrected chi connectivity index (χ0v) is 14.4. The Hall–Kier alpha value is -2.54. The summed E-state index contributed by atoms with van der Waals surface area (Å²) >= 11 is 0. The second kappa shape index (κ2) is 5.49. The van der Waals surface area contributed by atoms with Gasteiger partial charge < -0.3 is 10.1 Å². The van der Waals surface area contributed by atoms with Crippen LogP contribution >= 0.6 is 0 Å². The molecule has 1 amide bonds. The normalized spacial score (nSPS) is 17.6. The van der Waals surface area contributed by atoms with Crippen molar-refractivity contribution in [3.05, 3.63) is 48.0 Å². The first kappa shape index (κ1) is 16.0. The zero-order chi connectivity index (χ0) is 17.7. The van der Waals surface area contributed by atoms with Crippen molar-refractivity contribution in [2.75, 3.05) is 17.1 Å². The highest BCUT2D eigenvalue weighted by Gasteiger charge is 2.51. The van der Waals surface area contributed by atoms with Crippen LogP contribution in [-0.2, 0) is 20.2 Å². The van der Waals surface area contributed by atoms with Crippen molar-refractivity contribution >= 4 is 27.3 Å². The van der Waals surface area contributed by atoms with Crippen molar-refractivity contribution < 1.29 is 17.9 Å². The molecule has 0 unspecified atom stereocenters. The van der Waals surface area contributed by atoms with Gasteiger partial charge in [0.15, 0.2) is 0 Å². The molecule has 1 heterocycles. The van der Waals surface area contributed by atoms with E-state index in [-0.39, 0.29) is 16.6 Å². The van der Waals surface area contributed by atoms with Gasteiger partial charge in [-0.3, -0.25) is 9.52 Å². The molecule has 25 heavy (non-hydrogen) atoms. The summed E-state index contributed by atoms with van der Waals surface area (Å²) in [6.45, 7) is 0. The van der Waals surface area contributed by atoms with E-state index < -0.39 is 15.4 Å². The molecule has 0 aromatic heterocycles. The van der Waals surface area contributed by atoms with Gasteiger partial charge in [-0.25, -0.2) is 8.42 Å². The minimum absolute atomic E-state index is 0.0188. The number of amides is 1. The second-order valence-corrected chi connectivity index (χ2v) is 7.97. The van der Waals surface area contributed by atoms with Gasteiger partial charge in [-0.2, -0.15) is 0 Å². The molecular weight excluding hydrogens is 340 g/mol. The molecule has 0 saturated heterocycles. The number of carbonyl (C=O) groups is 1. The smallest absolute Gasteiger partial charge is 0.265 e. The van der Waals surface area contributed by atoms with Gasteiger partial charge in [0, 0.05) is 11.8 Å². The van der Waals surface area contributed by atoms with Crippen LogP contribution in [0.5, 0.6) is 5.75 Å². The number of fused-ring (bicyclic) bond motifs is 2. The van der Waals surface area contributed by atoms with Crippen molar-refractivity contribution in [1.29, 1.82) is 0 Å². The molecule has 129 valence electrons. The summed E-state index contributed by atoms with van der Waals surface area (Å²) < 4.78 is 33.1. The highest BCUT2D eigenvalue weighted by atomic mass is 32.2. The average Bonchev–Trinajstić information content (AvgIpc) is 2.85. The minimum Gasteiger partial charge on any atom is -0.495 e. The van der Waals surface area contributed by atoms with E-state index >= 15 is 0 Å². The van der Waals surface area contributed by atoms with Crippen molar-refractivity contribution in [2.24, 2.45) is 0 Å². The largest absolute Gasteiger partial charge is 0.495 e. The number of anilines is 2. The summed E-state index contributed by atoms with van der Waals surface area (Å²) in [6, 6.07) is 12.7. The van der Waals surface area contributed by atoms with Gasteiger partial charge in [0.1, 0.15) is 10.6 Å². The Kier molecular flexibility index (Phi) is 3.50. The molecule has 2 N–H and O–H groups in total. The third-order valence-electron chi connectivity index (χ3n) is 4.95. The van der Waals surface area contributed by atoms with Crippen LogP contribution in [-0.4, -0.2) is 21.4 Å². The van der Waals surface area contributed by atoms with E-state index in [4.69, 9.17) is 4.74 Å². The molecule has 4 rings (SSSR count). The van der Waals surface area contributed by atoms with Crippen molar-refractivity contribution in [1.82, 2.24) is 0 Å². The van der Waals surface area contributed by atoms with E-state index in [1.54, 1.807) is 24.3 Å². The SMILES string of the molecule is COc1ccccc1S(=O)(=O)Nc1c[c]c2c(c1)C1(CCC1)C(=O)N2. The molecule has 1 saturated carbocycles. The fraction of sp³-hybridized carbons (Fsp3) is 0.278. The lowest BCUT2D eigenvalue weighted by Gasteiger charge is -2.36. The van der Waals surface area contributed by atoms with Crippen LogP contribution in [0.15, 0.2) is 41.3 Å². The summed E-state index contributed by atoms with van der Waals surface area (Å²) in [7, 11) is -2.39. The Bertz CT molecular complexity index is 965. The van der Waals surface area contributed by atoms with Gasteiger partial charge in [0.05, 0.1) is 18.2 Å². The Balaban J connectivity index is 1.70. The molecule has 2 aromatic rings. The topological polar surface area (TPSA) is 84.5 Å². The van der Waals surface area contributed by atoms with Gasteiger partial charge >= 0.3 is 0 Å². The first-order valence-corrected chi connectivity index (χ1v) is 9.48. The van der Waals surface area contributed by atoms with Crippen LogP contribution in [0.25, 0.3) is 0 Å². The molecule has 6 nitrogen and oxygen atoms in total. The third kappa shape index (κ3) is 2.38. The number of para-hydroxylation sites is 1. The Morgan fingerprint density at radius 3 is 2.72 bits per heavy atom. The Labute approximate surface area is 146 Å². The summed E-state index contributed by atoms with van der Waals surface area (Å²) in [6.07, 6.45) is 2.55. The van der Waals surface area contributed by atoms with Crippen LogP contribution < -0.4 is 14.8 Å². The summed E-state index contributed by atoms with van der Waals surface area (Å²) in [4.78, 5) is 12.3. The predicted octanol–water partition coefficient (Wildman–Crippen LogP) is 2.67. The number of hydrogen-bond donors (Lipinski definition) is 2. The van der Waals surface area contributed by atoms with Crippen LogP contribution in [0.3, 0.4) is 0 Å². The van der Waals surface area contributed by atoms with E-state index in [0.717, 1.165) is 24.8 Å². The van der Waals surface area contributed by atoms with Crippen molar-refractivity contribution in [2.45, 2.75) is 29.6 Å². The maximum atomic E-state index is 12.7. The van der Waals surface area contributed by atoms with Gasteiger partial charge in [-0.15, -0.1) is 0 Å². The fourth-order valence-corrected chi connectivity index (χ4v) is 4.68. The van der Waals surface area contributed by atoms with E-state index in [1.165, 1.54) is 19.2 Å². The van der Waals surface area contributed by atoms with Crippen molar-refractivity contribution in [3.63, 3.8) is 0 Å². The monoisotopic (exact) mass is 357 g/mol. The number of hydrogen-bond acceptors (Lipinski definition) is 4. The average molecular weight is 357 g/mol. The van der Waals surface area contributed by atoms with E-state index in [1.807, 2.05) is 0 Å². The van der Waals surface area contributed by atoms with E-state index in [0.29, 0.717) is 11.4 Å². The highest BCUT2D eigenvalue weighted by molar-refractivity contribution is 7.92. The Morgan fingerprint density at radius 2 is 2.04 bits per heavy atom. The summed E-state index contributed by atoms with van der Waals surface area (Å²) in [5.74, 6) is 0.252. The first-order chi connectivity index (χ1) is 12.0. The fourth-order valence-electron chi connectivity index (χ4n) is 3.47. The van der Waals surface area contributed by atoms with Crippen LogP contribution in [0.1, 0.15) is 24.8 Å². The maximum Gasteiger partial charge on any atom is 0.265 e. The molecule has 1 aliphatic heterocycles. The minimum atomic E-state index is -3.81. The van der Waals surface area contributed by atoms with Gasteiger partial charge in [-0.05, 0) is 42.7 Å². The second-order valence-electron chi connectivity index (χ2n) is 6.32. The molecule has 2 aliphatic rings. The third-order valence-corrected chi connectivity index (χ3v) is 6.37. The number of carbonyl (C=O) groups excluding carboxylic acids is 1. The number of benzene rings is 2. The zero-order valence-electron chi connectivity index (χ0n) is 13.6. The lowest BCUT2D eigenvalue weighted by molar-refractivity contribution is -0.123. The molecule has 1 radical (unpaired) electrons. The Morgan fingerprint density at radius 1 is 1.28 bits per heavy atom. The van der Waals surface area contributed by atoms with Crippen molar-refractivity contribution in [3.8, 4) is 5.75 Å². The van der Waals surface area contributed by atoms with Gasteiger partial charge in [-0.1, -0.05) is 18.6 Å². The number of nitrogens with one attached hydrogen (secondary N) is 2. The lowest BCUT2D eigenvalue weighted by atomic mass is 9.65. The quantitative estimate of drug-likeness (QED) is 0.881. The van der Waals surface area contributed by atoms with E-state index in [9.17, 15) is 13.2 Å². The van der Waals surface area contributed by atoms with Crippen LogP contribution in [0.4, 0.5) is 11.4 Å². The molecule has 1 fully saturated rings. The van der Waals surface area contributed by atoms with Gasteiger partial charge in [0.2, 0.25) is 5.91 Å². The maximum absolute atomic E-state index is 12.7. The molecule has 0 bridgehead atoms. The predicted molar refractivity (Wildman–Crippen MR) is 93.2 cm³/mol. The highest BCUT2D eigenvalue weighted by Crippen LogP contribution is 2.51. The molecular formula is C18H17N2O4S. The number of rotatable bonds is 4. The van der Waals surface area contributed by atoms with E-state index in [2.05, 4.69) is 16.1 Å². The number of methoxy groups -OCH3 is 1. The molecule has 0 atom stereocenters. The summed E-state index contributed by atoms with van der Waals surface area (Å²) in [5.41, 5.74) is 1.33. The van der Waals surface area contributed by atoms with Gasteiger partial charge in [0.25, 0.3) is 10.0 Å². The molecule has 7 heteroatoms. The molecule has 2 aromatic carbocycles. The number of sulfonamides is 1. The first-order valence-electron chi connectivity index (χ1n) is 8.00. The summed E-state index contributed by atoms with van der Waals surface area (Å²) in [5, 5.41) is 2.84.